The van der Waals surface area contributed by atoms with E-state index in [0.29, 0.717) is 6.42 Å². The third-order valence-electron chi connectivity index (χ3n) is 7.88. The number of amides is 1. The van der Waals surface area contributed by atoms with Gasteiger partial charge in [-0.15, -0.1) is 6.58 Å². The van der Waals surface area contributed by atoms with Gasteiger partial charge in [0.2, 0.25) is 5.91 Å². The third-order valence-corrected chi connectivity index (χ3v) is 9.38. The zero-order valence-electron chi connectivity index (χ0n) is 27.6. The molecule has 0 aromatic carbocycles. The summed E-state index contributed by atoms with van der Waals surface area (Å²) in [5.41, 5.74) is 10.9. The second kappa shape index (κ2) is 16.9. The van der Waals surface area contributed by atoms with Gasteiger partial charge in [-0.1, -0.05) is 6.08 Å². The number of aliphatic hydroxyl groups is 1. The average molecular weight is 790 g/mol. The van der Waals surface area contributed by atoms with Gasteiger partial charge in [0.05, 0.1) is 26.0 Å². The molecule has 0 saturated carbocycles. The lowest BCUT2D eigenvalue weighted by molar-refractivity contribution is -0.156. The molecule has 8 atom stereocenters. The molecule has 3 aromatic heterocycles. The van der Waals surface area contributed by atoms with Gasteiger partial charge in [-0.05, 0) is 12.5 Å². The van der Waals surface area contributed by atoms with Gasteiger partial charge in [-0.3, -0.25) is 32.3 Å². The van der Waals surface area contributed by atoms with Crippen molar-refractivity contribution in [1.82, 2.24) is 34.4 Å². The molecule has 5 rings (SSSR count). The molecule has 53 heavy (non-hydrogen) atoms. The number of nitrogens with one attached hydrogen (secondary N) is 1. The fourth-order valence-electron chi connectivity index (χ4n) is 5.44. The molecular weight excluding hydrogens is 752 g/mol. The van der Waals surface area contributed by atoms with E-state index in [9.17, 15) is 43.3 Å². The van der Waals surface area contributed by atoms with Crippen molar-refractivity contribution in [3.63, 3.8) is 0 Å². The second-order valence-electron chi connectivity index (χ2n) is 11.6. The van der Waals surface area contributed by atoms with Crippen molar-refractivity contribution in [3.05, 3.63) is 48.1 Å². The summed E-state index contributed by atoms with van der Waals surface area (Å²) in [4.78, 5) is 82.0. The predicted octanol–water partition coefficient (Wildman–Crippen LogP) is -1.21. The summed E-state index contributed by atoms with van der Waals surface area (Å²) in [6.45, 7) is 1.78. The van der Waals surface area contributed by atoms with Gasteiger partial charge >= 0.3 is 27.3 Å². The molecule has 5 heterocycles. The highest BCUT2D eigenvalue weighted by molar-refractivity contribution is 7.47. The number of imidazole rings is 1. The number of nitrogens with two attached hydrogens (primary N) is 2. The first-order valence-electron chi connectivity index (χ1n) is 15.7. The van der Waals surface area contributed by atoms with Gasteiger partial charge in [0.1, 0.15) is 48.3 Å². The molecule has 26 heteroatoms. The number of allylic oxidation sites excluding steroid dienone is 1. The molecular formula is C27H37N9O15P2. The van der Waals surface area contributed by atoms with Gasteiger partial charge in [-0.25, -0.2) is 28.9 Å². The van der Waals surface area contributed by atoms with E-state index in [1.165, 1.54) is 23.2 Å². The lowest BCUT2D eigenvalue weighted by atomic mass is 10.1. The van der Waals surface area contributed by atoms with E-state index in [-0.39, 0.29) is 54.5 Å². The minimum Gasteiger partial charge on any atom is -0.456 e. The quantitative estimate of drug-likeness (QED) is 0.0479. The Morgan fingerprint density at radius 2 is 1.83 bits per heavy atom. The fourth-order valence-corrected chi connectivity index (χ4v) is 6.74. The van der Waals surface area contributed by atoms with Crippen LogP contribution in [0, 0.1) is 0 Å². The first kappa shape index (κ1) is 40.0. The maximum Gasteiger partial charge on any atom is 0.472 e. The number of phosphoric ester groups is 2. The molecule has 1 amide bonds. The standard InChI is InChI=1S/C27H37N9O15P2/c1-2-3-4-18(37)30-7-5-20(38)50-23-16(49-26(22(23)39)36-13-33-21-24(29)31-12-32-25(21)36)11-47-53(44,45)51-14-9-19(35-8-6-17(28)34-27(35)40)48-15(14)10-46-52(41,42)43/h2,6,8,12-16,19,22-23,26,39H,1,3-5,7,9-11H2,(H,30,37)(H,44,45)(H2,28,34,40)(H2,29,31,32)(H2,41,42,43)/t14-,15-,16-,19+,22+,23+,26+/m0/s1. The molecule has 0 aliphatic carbocycles. The molecule has 0 radical (unpaired) electrons. The Hall–Kier alpha value is -4.19. The average Bonchev–Trinajstić information content (AvgIpc) is 3.77. The normalized spacial score (nSPS) is 25.6. The monoisotopic (exact) mass is 789 g/mol. The van der Waals surface area contributed by atoms with E-state index in [1.54, 1.807) is 6.08 Å². The smallest absolute Gasteiger partial charge is 0.456 e. The van der Waals surface area contributed by atoms with Crippen LogP contribution in [0.2, 0.25) is 0 Å². The summed E-state index contributed by atoms with van der Waals surface area (Å²) < 4.78 is 59.1. The maximum absolute atomic E-state index is 13.3. The second-order valence-corrected chi connectivity index (χ2v) is 14.3. The van der Waals surface area contributed by atoms with Crippen LogP contribution in [-0.2, 0) is 46.5 Å². The van der Waals surface area contributed by atoms with Crippen LogP contribution in [0.5, 0.6) is 0 Å². The maximum atomic E-state index is 13.3. The van der Waals surface area contributed by atoms with Gasteiger partial charge in [0.25, 0.3) is 0 Å². The van der Waals surface area contributed by atoms with Gasteiger partial charge < -0.3 is 50.8 Å². The molecule has 3 aromatic rings. The summed E-state index contributed by atoms with van der Waals surface area (Å²) in [6.07, 6.45) is -4.85. The molecule has 2 saturated heterocycles. The Kier molecular flexibility index (Phi) is 12.7. The van der Waals surface area contributed by atoms with Crippen LogP contribution in [0.15, 0.2) is 42.4 Å². The number of esters is 1. The summed E-state index contributed by atoms with van der Waals surface area (Å²) in [5, 5.41) is 13.9. The molecule has 2 fully saturated rings. The first-order chi connectivity index (χ1) is 25.0. The first-order valence-corrected chi connectivity index (χ1v) is 18.8. The van der Waals surface area contributed by atoms with Gasteiger partial charge in [-0.2, -0.15) is 4.98 Å². The van der Waals surface area contributed by atoms with Crippen LogP contribution in [0.4, 0.5) is 11.6 Å². The van der Waals surface area contributed by atoms with E-state index in [1.807, 2.05) is 0 Å². The number of hydrogen-bond donors (Lipinski definition) is 7. The van der Waals surface area contributed by atoms with Crippen LogP contribution >= 0.6 is 15.6 Å². The van der Waals surface area contributed by atoms with Crippen molar-refractivity contribution in [2.75, 3.05) is 31.2 Å². The van der Waals surface area contributed by atoms with Crippen LogP contribution in [0.25, 0.3) is 11.2 Å². The highest BCUT2D eigenvalue weighted by Crippen LogP contribution is 2.50. The van der Waals surface area contributed by atoms with Crippen LogP contribution < -0.4 is 22.5 Å². The zero-order valence-corrected chi connectivity index (χ0v) is 29.4. The number of hydrogen-bond acceptors (Lipinski definition) is 18. The molecule has 1 unspecified atom stereocenters. The third kappa shape index (κ3) is 10.3. The van der Waals surface area contributed by atoms with Crippen molar-refractivity contribution < 1.29 is 66.3 Å². The number of ether oxygens (including phenoxy) is 3. The van der Waals surface area contributed by atoms with Crippen LogP contribution in [-0.4, -0.2) is 111 Å². The number of aliphatic hydroxyl groups excluding tert-OH is 1. The van der Waals surface area contributed by atoms with Crippen molar-refractivity contribution >= 4 is 50.3 Å². The highest BCUT2D eigenvalue weighted by atomic mass is 31.2. The summed E-state index contributed by atoms with van der Waals surface area (Å²) in [7, 11) is -10.2. The van der Waals surface area contributed by atoms with Crippen LogP contribution in [0.1, 0.15) is 38.1 Å². The van der Waals surface area contributed by atoms with Crippen LogP contribution in [0.3, 0.4) is 0 Å². The van der Waals surface area contributed by atoms with Gasteiger partial charge in [0, 0.05) is 25.6 Å². The number of carbonyl (C=O) groups excluding carboxylic acids is 2. The minimum absolute atomic E-state index is 0.0257. The SMILES string of the molecule is C=CCCC(=O)NCCC(=O)O[C@H]1[C@@H](O)[C@H](n2cnc3c(N)ncnc32)O[C@H]1COP(=O)(O)O[C@H]1C[C@H](n2ccc(N)nc2=O)O[C@H]1COP(=O)(O)O. The predicted molar refractivity (Wildman–Crippen MR) is 177 cm³/mol. The largest absolute Gasteiger partial charge is 0.472 e. The Labute approximate surface area is 298 Å². The minimum atomic E-state index is -5.14. The van der Waals surface area contributed by atoms with E-state index < -0.39 is 83.5 Å². The number of carbonyl (C=O) groups is 2. The number of anilines is 2. The Morgan fingerprint density at radius 3 is 2.55 bits per heavy atom. The molecule has 290 valence electrons. The number of nitrogen functional groups attached to an aromatic ring is 2. The van der Waals surface area contributed by atoms with E-state index >= 15 is 0 Å². The van der Waals surface area contributed by atoms with Crippen molar-refractivity contribution in [1.29, 1.82) is 0 Å². The summed E-state index contributed by atoms with van der Waals surface area (Å²) in [5.74, 6) is -1.27. The lowest BCUT2D eigenvalue weighted by Crippen LogP contribution is -2.39. The van der Waals surface area contributed by atoms with Crippen molar-refractivity contribution in [2.45, 2.75) is 68.7 Å². The molecule has 9 N–H and O–H groups in total. The van der Waals surface area contributed by atoms with Gasteiger partial charge in [0.15, 0.2) is 23.8 Å². The lowest BCUT2D eigenvalue weighted by Gasteiger charge is -2.24. The van der Waals surface area contributed by atoms with E-state index in [2.05, 4.69) is 36.4 Å². The molecule has 24 nitrogen and oxygen atoms in total. The van der Waals surface area contributed by atoms with Crippen molar-refractivity contribution in [2.24, 2.45) is 0 Å². The fraction of sp³-hybridized carbons (Fsp3) is 0.519. The number of aromatic nitrogens is 6. The zero-order chi connectivity index (χ0) is 38.5. The number of phosphoric acid groups is 2. The number of fused-ring (bicyclic) bond motifs is 1. The topological polar surface area (TPSA) is 347 Å². The van der Waals surface area contributed by atoms with E-state index in [4.69, 9.17) is 34.7 Å². The van der Waals surface area contributed by atoms with E-state index in [0.717, 1.165) is 10.9 Å². The molecule has 0 spiro atoms. The van der Waals surface area contributed by atoms with Crippen molar-refractivity contribution in [3.8, 4) is 0 Å². The number of rotatable bonds is 17. The molecule has 0 bridgehead atoms. The molecule has 2 aliphatic rings. The Balaban J connectivity index is 1.30. The summed E-state index contributed by atoms with van der Waals surface area (Å²) >= 11 is 0. The number of nitrogens with zero attached hydrogens (tertiary/aromatic N) is 6. The summed E-state index contributed by atoms with van der Waals surface area (Å²) in [6, 6.07) is 1.28. The highest BCUT2D eigenvalue weighted by Gasteiger charge is 2.49. The molecule has 2 aliphatic heterocycles. The Morgan fingerprint density at radius 1 is 1.08 bits per heavy atom. The Bertz CT molecular complexity index is 1960.